The molecular formula is C25H22N4O2S. The highest BCUT2D eigenvalue weighted by atomic mass is 32.2. The van der Waals surface area contributed by atoms with Gasteiger partial charge in [-0.05, 0) is 55.0 Å². The number of likely N-dealkylation sites (tertiary alicyclic amines) is 1. The highest BCUT2D eigenvalue weighted by Gasteiger charge is 2.29. The Morgan fingerprint density at radius 2 is 1.78 bits per heavy atom. The molecule has 0 bridgehead atoms. The summed E-state index contributed by atoms with van der Waals surface area (Å²) in [6.45, 7) is 4.69. The summed E-state index contributed by atoms with van der Waals surface area (Å²) in [5.41, 5.74) is 2.26. The minimum atomic E-state index is -0.116. The van der Waals surface area contributed by atoms with Crippen LogP contribution in [-0.2, 0) is 4.79 Å². The number of fused-ring (bicyclic) bond motifs is 1. The quantitative estimate of drug-likeness (QED) is 0.433. The predicted octanol–water partition coefficient (Wildman–Crippen LogP) is 4.30. The monoisotopic (exact) mass is 442 g/mol. The minimum Gasteiger partial charge on any atom is -0.337 e. The van der Waals surface area contributed by atoms with Crippen LogP contribution < -0.4 is 5.69 Å². The minimum absolute atomic E-state index is 0.0783. The van der Waals surface area contributed by atoms with Gasteiger partial charge in [-0.25, -0.2) is 4.79 Å². The predicted molar refractivity (Wildman–Crippen MR) is 126 cm³/mol. The van der Waals surface area contributed by atoms with E-state index in [9.17, 15) is 9.59 Å². The Hall–Kier alpha value is -3.58. The molecule has 6 nitrogen and oxygen atoms in total. The van der Waals surface area contributed by atoms with Gasteiger partial charge in [-0.3, -0.25) is 18.9 Å². The average Bonchev–Trinajstić information content (AvgIpc) is 3.42. The smallest absolute Gasteiger partial charge is 0.334 e. The molecule has 0 unspecified atom stereocenters. The molecule has 7 heteroatoms. The number of nitrogens with zero attached hydrogens (tertiary/aromatic N) is 4. The average molecular weight is 443 g/mol. The van der Waals surface area contributed by atoms with E-state index < -0.39 is 0 Å². The molecule has 0 radical (unpaired) electrons. The molecule has 5 rings (SSSR count). The number of amides is 1. The number of benzene rings is 2. The zero-order valence-corrected chi connectivity index (χ0v) is 18.2. The van der Waals surface area contributed by atoms with E-state index in [1.807, 2.05) is 48.5 Å². The fourth-order valence-electron chi connectivity index (χ4n) is 4.24. The number of carbonyl (C=O) groups is 1. The molecule has 2 aromatic carbocycles. The Kier molecular flexibility index (Phi) is 5.41. The van der Waals surface area contributed by atoms with Crippen molar-refractivity contribution in [2.45, 2.75) is 22.3 Å². The lowest BCUT2D eigenvalue weighted by atomic mass is 10.2. The van der Waals surface area contributed by atoms with Crippen LogP contribution in [0.4, 0.5) is 0 Å². The molecule has 160 valence electrons. The third-order valence-electron chi connectivity index (χ3n) is 5.76. The Labute approximate surface area is 189 Å². The van der Waals surface area contributed by atoms with Gasteiger partial charge in [0.25, 0.3) is 0 Å². The van der Waals surface area contributed by atoms with Crippen LogP contribution in [0.3, 0.4) is 0 Å². The van der Waals surface area contributed by atoms with E-state index in [-0.39, 0.29) is 17.6 Å². The van der Waals surface area contributed by atoms with Crippen LogP contribution in [0.5, 0.6) is 0 Å². The van der Waals surface area contributed by atoms with Crippen molar-refractivity contribution < 1.29 is 4.79 Å². The van der Waals surface area contributed by atoms with Crippen molar-refractivity contribution in [2.75, 3.05) is 13.1 Å². The zero-order valence-electron chi connectivity index (χ0n) is 17.4. The second-order valence-electron chi connectivity index (χ2n) is 7.69. The number of aromatic nitrogens is 3. The summed E-state index contributed by atoms with van der Waals surface area (Å²) in [5.74, 6) is -0.0996. The first-order valence-corrected chi connectivity index (χ1v) is 11.3. The fourth-order valence-corrected chi connectivity index (χ4v) is 5.08. The van der Waals surface area contributed by atoms with Crippen LogP contribution >= 0.6 is 11.8 Å². The van der Waals surface area contributed by atoms with E-state index in [0.29, 0.717) is 13.1 Å². The Bertz CT molecular complexity index is 1340. The van der Waals surface area contributed by atoms with E-state index in [1.54, 1.807) is 38.2 Å². The molecular weight excluding hydrogens is 420 g/mol. The maximum atomic E-state index is 13.6. The molecule has 1 aliphatic heterocycles. The van der Waals surface area contributed by atoms with E-state index in [0.717, 1.165) is 32.9 Å². The van der Waals surface area contributed by atoms with Crippen LogP contribution in [-0.4, -0.2) is 38.0 Å². The van der Waals surface area contributed by atoms with Crippen molar-refractivity contribution in [3.05, 3.63) is 96.2 Å². The second-order valence-corrected chi connectivity index (χ2v) is 8.84. The normalized spacial score (nSPS) is 15.9. The molecule has 1 saturated heterocycles. The molecule has 0 aliphatic carbocycles. The summed E-state index contributed by atoms with van der Waals surface area (Å²) < 4.78 is 3.51. The molecule has 32 heavy (non-hydrogen) atoms. The molecule has 1 fully saturated rings. The summed E-state index contributed by atoms with van der Waals surface area (Å²) >= 11 is 1.68. The Morgan fingerprint density at radius 3 is 2.53 bits per heavy atom. The van der Waals surface area contributed by atoms with Crippen molar-refractivity contribution in [1.82, 2.24) is 19.0 Å². The van der Waals surface area contributed by atoms with Crippen molar-refractivity contribution in [1.29, 1.82) is 0 Å². The van der Waals surface area contributed by atoms with Crippen molar-refractivity contribution >= 4 is 28.7 Å². The first-order chi connectivity index (χ1) is 15.7. The van der Waals surface area contributed by atoms with Gasteiger partial charge in [-0.1, -0.05) is 36.5 Å². The zero-order chi connectivity index (χ0) is 22.1. The first kappa shape index (κ1) is 20.3. The number of carbonyl (C=O) groups excluding carboxylic acids is 1. The van der Waals surface area contributed by atoms with Crippen LogP contribution in [0, 0.1) is 0 Å². The highest BCUT2D eigenvalue weighted by molar-refractivity contribution is 7.99. The molecule has 3 heterocycles. The summed E-state index contributed by atoms with van der Waals surface area (Å²) in [4.78, 5) is 33.9. The highest BCUT2D eigenvalue weighted by Crippen LogP contribution is 2.29. The van der Waals surface area contributed by atoms with Crippen molar-refractivity contribution in [3.8, 4) is 5.69 Å². The summed E-state index contributed by atoms with van der Waals surface area (Å²) in [6, 6.07) is 20.0. The van der Waals surface area contributed by atoms with Gasteiger partial charge in [-0.2, -0.15) is 0 Å². The number of imidazole rings is 1. The van der Waals surface area contributed by atoms with Gasteiger partial charge in [0.05, 0.1) is 29.0 Å². The first-order valence-electron chi connectivity index (χ1n) is 10.5. The standard InChI is InChI=1S/C25H22N4O2S/c1-2-24(30)27-15-13-19(17-27)29-22-12-14-26-16-23(22)28(25(29)31)18-8-10-21(11-9-18)32-20-6-4-3-5-7-20/h2-12,14,16,19H,1,13,15,17H2/t19-/m1/s1. The van der Waals surface area contributed by atoms with Gasteiger partial charge >= 0.3 is 5.69 Å². The number of hydrogen-bond acceptors (Lipinski definition) is 4. The molecule has 2 aromatic heterocycles. The molecule has 0 saturated carbocycles. The van der Waals surface area contributed by atoms with Crippen LogP contribution in [0.1, 0.15) is 12.5 Å². The van der Waals surface area contributed by atoms with Gasteiger partial charge in [0, 0.05) is 29.1 Å². The van der Waals surface area contributed by atoms with Crippen molar-refractivity contribution in [2.24, 2.45) is 0 Å². The Balaban J connectivity index is 1.51. The third kappa shape index (κ3) is 3.65. The number of pyridine rings is 1. The van der Waals surface area contributed by atoms with Crippen LogP contribution in [0.15, 0.2) is 100 Å². The van der Waals surface area contributed by atoms with E-state index in [2.05, 4.69) is 23.7 Å². The lowest BCUT2D eigenvalue weighted by Gasteiger charge is -2.15. The molecule has 1 atom stereocenters. The molecule has 0 N–H and O–H groups in total. The molecule has 4 aromatic rings. The molecule has 0 spiro atoms. The van der Waals surface area contributed by atoms with Gasteiger partial charge in [0.1, 0.15) is 0 Å². The van der Waals surface area contributed by atoms with E-state index in [1.165, 1.54) is 6.08 Å². The second kappa shape index (κ2) is 8.51. The Morgan fingerprint density at radius 1 is 1.03 bits per heavy atom. The maximum absolute atomic E-state index is 13.6. The summed E-state index contributed by atoms with van der Waals surface area (Å²) in [6.07, 6.45) is 5.48. The lowest BCUT2D eigenvalue weighted by molar-refractivity contribution is -0.125. The van der Waals surface area contributed by atoms with E-state index in [4.69, 9.17) is 0 Å². The SMILES string of the molecule is C=CC(=O)N1CC[C@@H](n2c(=O)n(-c3ccc(Sc4ccccc4)cc3)c3cnccc32)C1. The third-order valence-corrected chi connectivity index (χ3v) is 6.78. The van der Waals surface area contributed by atoms with Gasteiger partial charge in [-0.15, -0.1) is 0 Å². The summed E-state index contributed by atoms with van der Waals surface area (Å²) in [7, 11) is 0. The number of hydrogen-bond donors (Lipinski definition) is 0. The van der Waals surface area contributed by atoms with Gasteiger partial charge in [0.2, 0.25) is 5.91 Å². The molecule has 1 amide bonds. The van der Waals surface area contributed by atoms with Gasteiger partial charge < -0.3 is 4.90 Å². The van der Waals surface area contributed by atoms with Gasteiger partial charge in [0.15, 0.2) is 0 Å². The largest absolute Gasteiger partial charge is 0.337 e. The number of rotatable bonds is 5. The summed E-state index contributed by atoms with van der Waals surface area (Å²) in [5, 5.41) is 0. The van der Waals surface area contributed by atoms with Crippen molar-refractivity contribution in [3.63, 3.8) is 0 Å². The molecule has 1 aliphatic rings. The lowest BCUT2D eigenvalue weighted by Crippen LogP contribution is -2.31. The fraction of sp³-hybridized carbons (Fsp3) is 0.160. The van der Waals surface area contributed by atoms with Crippen LogP contribution in [0.2, 0.25) is 0 Å². The maximum Gasteiger partial charge on any atom is 0.334 e. The van der Waals surface area contributed by atoms with E-state index >= 15 is 0 Å². The topological polar surface area (TPSA) is 60.1 Å². The van der Waals surface area contributed by atoms with Crippen LogP contribution in [0.25, 0.3) is 16.7 Å².